The van der Waals surface area contributed by atoms with Crippen molar-refractivity contribution in [1.29, 1.82) is 0 Å². The van der Waals surface area contributed by atoms with Crippen LogP contribution in [0.1, 0.15) is 6.42 Å². The summed E-state index contributed by atoms with van der Waals surface area (Å²) in [6.45, 7) is 0.471. The summed E-state index contributed by atoms with van der Waals surface area (Å²) in [5, 5.41) is 2.90. The van der Waals surface area contributed by atoms with Gasteiger partial charge in [-0.3, -0.25) is 14.5 Å². The Labute approximate surface area is 147 Å². The van der Waals surface area contributed by atoms with Crippen LogP contribution in [-0.2, 0) is 9.59 Å². The van der Waals surface area contributed by atoms with Gasteiger partial charge in [0.05, 0.1) is 18.0 Å². The number of amides is 2. The second kappa shape index (κ2) is 6.00. The smallest absolute Gasteiger partial charge is 0.404 e. The molecule has 1 aromatic rings. The van der Waals surface area contributed by atoms with E-state index < -0.39 is 12.1 Å². The predicted molar refractivity (Wildman–Crippen MR) is 83.8 cm³/mol. The van der Waals surface area contributed by atoms with Crippen LogP contribution >= 0.6 is 0 Å². The van der Waals surface area contributed by atoms with Crippen LogP contribution in [0.4, 0.5) is 19.0 Å². The summed E-state index contributed by atoms with van der Waals surface area (Å²) in [6.07, 6.45) is 1.14. The lowest BCUT2D eigenvalue weighted by molar-refractivity contribution is -0.274. The van der Waals surface area contributed by atoms with Gasteiger partial charge in [0, 0.05) is 13.1 Å². The van der Waals surface area contributed by atoms with Crippen molar-refractivity contribution in [3.05, 3.63) is 30.5 Å². The number of anilines is 1. The number of rotatable bonds is 5. The summed E-state index contributed by atoms with van der Waals surface area (Å²) in [4.78, 5) is 30.1. The minimum absolute atomic E-state index is 0.125. The van der Waals surface area contributed by atoms with Crippen LogP contribution in [0.25, 0.3) is 0 Å². The first-order chi connectivity index (χ1) is 12.3. The number of carbonyl (C=O) groups is 2. The van der Waals surface area contributed by atoms with Gasteiger partial charge in [0.2, 0.25) is 11.8 Å². The van der Waals surface area contributed by atoms with Gasteiger partial charge in [0.15, 0.2) is 0 Å². The Morgan fingerprint density at radius 3 is 2.35 bits per heavy atom. The predicted octanol–water partition coefficient (Wildman–Crippen LogP) is 2.20. The molecule has 1 aromatic heterocycles. The Hall–Kier alpha value is -2.58. The number of allylic oxidation sites excluding steroid dienone is 2. The molecule has 0 spiro atoms. The van der Waals surface area contributed by atoms with Crippen LogP contribution in [0.2, 0.25) is 0 Å². The lowest BCUT2D eigenvalue weighted by Crippen LogP contribution is -2.36. The van der Waals surface area contributed by atoms with Crippen molar-refractivity contribution in [2.45, 2.75) is 12.8 Å². The monoisotopic (exact) mass is 367 g/mol. The van der Waals surface area contributed by atoms with E-state index in [1.54, 1.807) is 0 Å². The first-order valence-corrected chi connectivity index (χ1v) is 8.33. The summed E-state index contributed by atoms with van der Waals surface area (Å²) >= 11 is 0. The van der Waals surface area contributed by atoms with Crippen LogP contribution in [0, 0.1) is 23.7 Å². The summed E-state index contributed by atoms with van der Waals surface area (Å²) in [5.74, 6) is -0.446. The van der Waals surface area contributed by atoms with Crippen molar-refractivity contribution in [2.24, 2.45) is 23.7 Å². The van der Waals surface area contributed by atoms with Crippen LogP contribution in [0.15, 0.2) is 30.5 Å². The number of carbonyl (C=O) groups excluding carboxylic acids is 2. The zero-order valence-corrected chi connectivity index (χ0v) is 13.6. The van der Waals surface area contributed by atoms with E-state index in [0.717, 1.165) is 18.7 Å². The van der Waals surface area contributed by atoms with E-state index in [1.807, 2.05) is 12.2 Å². The molecule has 2 fully saturated rings. The maximum absolute atomic E-state index is 12.5. The molecule has 0 aromatic carbocycles. The molecule has 2 amide bonds. The van der Waals surface area contributed by atoms with Crippen LogP contribution in [0.3, 0.4) is 0 Å². The fraction of sp³-hybridized carbons (Fsp3) is 0.471. The molecule has 1 N–H and O–H groups in total. The zero-order chi connectivity index (χ0) is 18.5. The van der Waals surface area contributed by atoms with Gasteiger partial charge in [0.25, 0.3) is 0 Å². The van der Waals surface area contributed by atoms with E-state index in [-0.39, 0.29) is 48.6 Å². The van der Waals surface area contributed by atoms with Crippen LogP contribution in [0.5, 0.6) is 5.75 Å². The number of aromatic nitrogens is 1. The van der Waals surface area contributed by atoms with E-state index in [1.165, 1.54) is 11.0 Å². The van der Waals surface area contributed by atoms with Crippen molar-refractivity contribution in [1.82, 2.24) is 9.88 Å². The molecule has 4 rings (SSSR count). The lowest BCUT2D eigenvalue weighted by atomic mass is 9.85. The van der Waals surface area contributed by atoms with Crippen molar-refractivity contribution in [3.63, 3.8) is 0 Å². The molecule has 1 saturated carbocycles. The minimum atomic E-state index is -4.76. The average Bonchev–Trinajstić information content (AvgIpc) is 3.24. The van der Waals surface area contributed by atoms with E-state index in [9.17, 15) is 22.8 Å². The molecule has 3 aliphatic rings. The number of imide groups is 1. The zero-order valence-electron chi connectivity index (χ0n) is 13.6. The van der Waals surface area contributed by atoms with Crippen molar-refractivity contribution in [3.8, 4) is 5.75 Å². The highest BCUT2D eigenvalue weighted by Crippen LogP contribution is 2.52. The van der Waals surface area contributed by atoms with Crippen molar-refractivity contribution in [2.75, 3.05) is 18.4 Å². The summed E-state index contributed by atoms with van der Waals surface area (Å²) < 4.78 is 40.1. The number of ether oxygens (including phenoxy) is 1. The number of likely N-dealkylation sites (tertiary alicyclic amines) is 1. The molecule has 138 valence electrons. The maximum atomic E-state index is 12.5. The average molecular weight is 367 g/mol. The molecule has 4 unspecified atom stereocenters. The fourth-order valence-corrected chi connectivity index (χ4v) is 4.16. The molecule has 2 heterocycles. The third-order valence-corrected chi connectivity index (χ3v) is 5.17. The van der Waals surface area contributed by atoms with Crippen LogP contribution in [-0.4, -0.2) is 41.2 Å². The molecule has 0 radical (unpaired) electrons. The molecule has 2 bridgehead atoms. The number of pyridine rings is 1. The third-order valence-electron chi connectivity index (χ3n) is 5.17. The number of nitrogens with zero attached hydrogens (tertiary/aromatic N) is 2. The van der Waals surface area contributed by atoms with Crippen LogP contribution < -0.4 is 10.1 Å². The Morgan fingerprint density at radius 1 is 1.15 bits per heavy atom. The molecule has 9 heteroatoms. The van der Waals surface area contributed by atoms with Gasteiger partial charge >= 0.3 is 6.36 Å². The minimum Gasteiger partial charge on any atom is -0.404 e. The van der Waals surface area contributed by atoms with Crippen molar-refractivity contribution >= 4 is 17.6 Å². The van der Waals surface area contributed by atoms with Gasteiger partial charge < -0.3 is 10.1 Å². The Kier molecular flexibility index (Phi) is 3.89. The Bertz CT molecular complexity index is 733. The SMILES string of the molecule is O=C1C2C3C=CC(C3)C2C(=O)N1CCNc1ccc(OC(F)(F)F)cn1. The number of fused-ring (bicyclic) bond motifs is 5. The molecular weight excluding hydrogens is 351 g/mol. The van der Waals surface area contributed by atoms with Gasteiger partial charge in [-0.15, -0.1) is 13.2 Å². The van der Waals surface area contributed by atoms with E-state index in [2.05, 4.69) is 15.0 Å². The molecule has 6 nitrogen and oxygen atoms in total. The van der Waals surface area contributed by atoms with E-state index in [4.69, 9.17) is 0 Å². The van der Waals surface area contributed by atoms with Gasteiger partial charge in [-0.05, 0) is 30.4 Å². The summed E-state index contributed by atoms with van der Waals surface area (Å²) in [5.41, 5.74) is 0. The standard InChI is InChI=1S/C17H16F3N3O3/c18-17(19,20)26-11-3-4-12(22-8-11)21-5-6-23-15(24)13-9-1-2-10(7-9)14(13)16(23)25/h1-4,8-10,13-14H,5-7H2,(H,21,22). The third kappa shape index (κ3) is 2.91. The molecular formula is C17H16F3N3O3. The molecule has 2 aliphatic carbocycles. The second-order valence-electron chi connectivity index (χ2n) is 6.68. The second-order valence-corrected chi connectivity index (χ2v) is 6.68. The topological polar surface area (TPSA) is 71.5 Å². The number of nitrogens with one attached hydrogen (secondary N) is 1. The first-order valence-electron chi connectivity index (χ1n) is 8.33. The highest BCUT2D eigenvalue weighted by molar-refractivity contribution is 6.06. The number of hydrogen-bond acceptors (Lipinski definition) is 5. The highest BCUT2D eigenvalue weighted by atomic mass is 19.4. The summed E-state index contributed by atoms with van der Waals surface area (Å²) in [7, 11) is 0. The number of alkyl halides is 3. The van der Waals surface area contributed by atoms with Crippen molar-refractivity contribution < 1.29 is 27.5 Å². The normalized spacial score (nSPS) is 29.4. The van der Waals surface area contributed by atoms with Gasteiger partial charge in [-0.1, -0.05) is 12.2 Å². The number of hydrogen-bond donors (Lipinski definition) is 1. The van der Waals surface area contributed by atoms with Gasteiger partial charge in [-0.2, -0.15) is 0 Å². The fourth-order valence-electron chi connectivity index (χ4n) is 4.16. The molecule has 1 saturated heterocycles. The highest BCUT2D eigenvalue weighted by Gasteiger charge is 2.58. The quantitative estimate of drug-likeness (QED) is 0.638. The Balaban J connectivity index is 1.31. The largest absolute Gasteiger partial charge is 0.573 e. The molecule has 1 aliphatic heterocycles. The number of halogens is 3. The lowest BCUT2D eigenvalue weighted by Gasteiger charge is -2.17. The van der Waals surface area contributed by atoms with Gasteiger partial charge in [0.1, 0.15) is 11.6 Å². The first kappa shape index (κ1) is 16.9. The Morgan fingerprint density at radius 2 is 1.81 bits per heavy atom. The summed E-state index contributed by atoms with van der Waals surface area (Å²) in [6, 6.07) is 2.48. The molecule has 26 heavy (non-hydrogen) atoms. The van der Waals surface area contributed by atoms with Gasteiger partial charge in [-0.25, -0.2) is 4.98 Å². The van der Waals surface area contributed by atoms with E-state index in [0.29, 0.717) is 5.82 Å². The van der Waals surface area contributed by atoms with E-state index >= 15 is 0 Å². The maximum Gasteiger partial charge on any atom is 0.573 e. The molecule has 4 atom stereocenters.